The topological polar surface area (TPSA) is 9.23 Å². The molecule has 0 N–H and O–H groups in total. The lowest BCUT2D eigenvalue weighted by Gasteiger charge is -2.13. The molecule has 0 rings (SSSR count). The average molecular weight is 302 g/mol. The number of hydrogen-bond donors (Lipinski definition) is 0. The van der Waals surface area contributed by atoms with Crippen molar-refractivity contribution >= 4 is 0 Å². The van der Waals surface area contributed by atoms with Crippen LogP contribution in [0.15, 0.2) is 0 Å². The minimum absolute atomic E-state index is 0.209. The first kappa shape index (κ1) is 18.4. The van der Waals surface area contributed by atoms with E-state index in [0.717, 1.165) is 0 Å². The number of ether oxygens (including phenoxy) is 1. The number of alkyl halides is 8. The third-order valence-corrected chi connectivity index (χ3v) is 2.20. The van der Waals surface area contributed by atoms with Gasteiger partial charge < -0.3 is 4.74 Å². The van der Waals surface area contributed by atoms with Crippen molar-refractivity contribution in [3.8, 4) is 0 Å². The number of halogens is 8. The predicted octanol–water partition coefficient (Wildman–Crippen LogP) is 4.36. The summed E-state index contributed by atoms with van der Waals surface area (Å²) in [5, 5.41) is 0. The summed E-state index contributed by atoms with van der Waals surface area (Å²) in [6.07, 6.45) is -17.6. The van der Waals surface area contributed by atoms with E-state index in [1.165, 1.54) is 0 Å². The highest BCUT2D eigenvalue weighted by Gasteiger charge is 2.40. The van der Waals surface area contributed by atoms with Crippen LogP contribution in [-0.2, 0) is 4.74 Å². The van der Waals surface area contributed by atoms with Crippen molar-refractivity contribution in [3.63, 3.8) is 0 Å². The van der Waals surface area contributed by atoms with Crippen LogP contribution in [0.1, 0.15) is 25.7 Å². The summed E-state index contributed by atoms with van der Waals surface area (Å²) < 4.78 is 99.7. The van der Waals surface area contributed by atoms with Crippen LogP contribution in [0.4, 0.5) is 35.1 Å². The fraction of sp³-hybridized carbons (Fsp3) is 1.00. The molecule has 0 amide bonds. The van der Waals surface area contributed by atoms with Crippen LogP contribution in [0.25, 0.3) is 0 Å². The normalized spacial score (nSPS) is 16.4. The molecule has 0 aliphatic rings. The summed E-state index contributed by atoms with van der Waals surface area (Å²) in [6, 6.07) is 0. The Morgan fingerprint density at radius 3 is 1.26 bits per heavy atom. The Labute approximate surface area is 104 Å². The Bertz CT molecular complexity index is 213. The van der Waals surface area contributed by atoms with Crippen LogP contribution < -0.4 is 0 Å². The Morgan fingerprint density at radius 1 is 0.684 bits per heavy atom. The molecular weight excluding hydrogens is 288 g/mol. The van der Waals surface area contributed by atoms with E-state index in [4.69, 9.17) is 4.74 Å². The molecule has 116 valence electrons. The molecule has 0 heterocycles. The molecule has 2 atom stereocenters. The van der Waals surface area contributed by atoms with Gasteiger partial charge in [0.1, 0.15) is 0 Å². The number of rotatable bonds is 8. The zero-order valence-corrected chi connectivity index (χ0v) is 9.83. The molecule has 19 heavy (non-hydrogen) atoms. The third-order valence-electron chi connectivity index (χ3n) is 2.20. The second kappa shape index (κ2) is 7.86. The highest BCUT2D eigenvalue weighted by Crippen LogP contribution is 2.27. The smallest absolute Gasteiger partial charge is 0.381 e. The lowest BCUT2D eigenvalue weighted by atomic mass is 10.2. The highest BCUT2D eigenvalue weighted by molar-refractivity contribution is 4.66. The van der Waals surface area contributed by atoms with Crippen molar-refractivity contribution in [3.05, 3.63) is 0 Å². The zero-order valence-electron chi connectivity index (χ0n) is 9.83. The molecule has 2 unspecified atom stereocenters. The van der Waals surface area contributed by atoms with E-state index in [0.29, 0.717) is 0 Å². The first-order valence-corrected chi connectivity index (χ1v) is 5.54. The van der Waals surface area contributed by atoms with E-state index in [2.05, 4.69) is 0 Å². The van der Waals surface area contributed by atoms with E-state index in [1.807, 2.05) is 0 Å². The van der Waals surface area contributed by atoms with Gasteiger partial charge in [-0.25, -0.2) is 8.78 Å². The fourth-order valence-corrected chi connectivity index (χ4v) is 1.16. The molecular formula is C10H14F8O. The van der Waals surface area contributed by atoms with Crippen molar-refractivity contribution in [1.29, 1.82) is 0 Å². The summed E-state index contributed by atoms with van der Waals surface area (Å²) in [7, 11) is 0. The molecule has 0 saturated carbocycles. The summed E-state index contributed by atoms with van der Waals surface area (Å²) >= 11 is 0. The summed E-state index contributed by atoms with van der Waals surface area (Å²) in [4.78, 5) is 0. The molecule has 0 aromatic carbocycles. The van der Waals surface area contributed by atoms with E-state index < -0.39 is 37.5 Å². The van der Waals surface area contributed by atoms with Gasteiger partial charge in [0.25, 0.3) is 0 Å². The minimum Gasteiger partial charge on any atom is -0.381 e. The van der Waals surface area contributed by atoms with Gasteiger partial charge in [0.15, 0.2) is 12.3 Å². The number of hydrogen-bond acceptors (Lipinski definition) is 1. The molecule has 0 aliphatic carbocycles. The van der Waals surface area contributed by atoms with Gasteiger partial charge >= 0.3 is 12.4 Å². The lowest BCUT2D eigenvalue weighted by Crippen LogP contribution is -2.25. The highest BCUT2D eigenvalue weighted by atomic mass is 19.4. The minimum atomic E-state index is -4.91. The maximum absolute atomic E-state index is 12.4. The first-order valence-electron chi connectivity index (χ1n) is 5.54. The largest absolute Gasteiger partial charge is 0.419 e. The molecule has 0 aromatic rings. The SMILES string of the molecule is FC(CCCOCCCC(F)C(F)(F)F)C(F)(F)F. The lowest BCUT2D eigenvalue weighted by molar-refractivity contribution is -0.183. The maximum Gasteiger partial charge on any atom is 0.419 e. The predicted molar refractivity (Wildman–Crippen MR) is 51.2 cm³/mol. The second-order valence-corrected chi connectivity index (χ2v) is 3.92. The van der Waals surface area contributed by atoms with Gasteiger partial charge in [-0.2, -0.15) is 26.3 Å². The first-order chi connectivity index (χ1) is 8.55. The van der Waals surface area contributed by atoms with Gasteiger partial charge in [-0.1, -0.05) is 0 Å². The van der Waals surface area contributed by atoms with Gasteiger partial charge in [-0.05, 0) is 25.7 Å². The summed E-state index contributed by atoms with van der Waals surface area (Å²) in [5.74, 6) is 0. The Morgan fingerprint density at radius 2 is 1.00 bits per heavy atom. The quantitative estimate of drug-likeness (QED) is 0.478. The van der Waals surface area contributed by atoms with Crippen molar-refractivity contribution in [2.75, 3.05) is 13.2 Å². The summed E-state index contributed by atoms with van der Waals surface area (Å²) in [5.41, 5.74) is 0. The standard InChI is InChI=1S/C10H14F8O/c11-7(9(13,14)15)3-1-5-19-6-2-4-8(12)10(16,17)18/h7-8H,1-6H2. The van der Waals surface area contributed by atoms with Crippen molar-refractivity contribution in [1.82, 2.24) is 0 Å². The van der Waals surface area contributed by atoms with Gasteiger partial charge in [0.05, 0.1) is 0 Å². The van der Waals surface area contributed by atoms with Crippen LogP contribution in [0.5, 0.6) is 0 Å². The summed E-state index contributed by atoms with van der Waals surface area (Å²) in [6.45, 7) is -0.418. The Balaban J connectivity index is 3.47. The molecule has 0 saturated heterocycles. The van der Waals surface area contributed by atoms with E-state index >= 15 is 0 Å². The fourth-order valence-electron chi connectivity index (χ4n) is 1.16. The van der Waals surface area contributed by atoms with E-state index in [-0.39, 0.29) is 26.1 Å². The molecule has 1 nitrogen and oxygen atoms in total. The van der Waals surface area contributed by atoms with Gasteiger partial charge in [0, 0.05) is 13.2 Å². The second-order valence-electron chi connectivity index (χ2n) is 3.92. The van der Waals surface area contributed by atoms with E-state index in [1.54, 1.807) is 0 Å². The van der Waals surface area contributed by atoms with Crippen LogP contribution in [0.2, 0.25) is 0 Å². The molecule has 0 bridgehead atoms. The molecule has 0 aliphatic heterocycles. The van der Waals surface area contributed by atoms with Crippen molar-refractivity contribution in [2.24, 2.45) is 0 Å². The Kier molecular flexibility index (Phi) is 7.61. The molecule has 0 radical (unpaired) electrons. The van der Waals surface area contributed by atoms with E-state index in [9.17, 15) is 35.1 Å². The van der Waals surface area contributed by atoms with Crippen LogP contribution in [0, 0.1) is 0 Å². The molecule has 0 fully saturated rings. The van der Waals surface area contributed by atoms with Gasteiger partial charge in [-0.3, -0.25) is 0 Å². The molecule has 9 heteroatoms. The zero-order chi connectivity index (χ0) is 15.1. The monoisotopic (exact) mass is 302 g/mol. The van der Waals surface area contributed by atoms with Crippen LogP contribution >= 0.6 is 0 Å². The molecule has 0 spiro atoms. The van der Waals surface area contributed by atoms with Crippen LogP contribution in [-0.4, -0.2) is 37.9 Å². The molecule has 0 aromatic heterocycles. The van der Waals surface area contributed by atoms with Crippen LogP contribution in [0.3, 0.4) is 0 Å². The maximum atomic E-state index is 12.4. The van der Waals surface area contributed by atoms with Gasteiger partial charge in [0.2, 0.25) is 0 Å². The Hall–Kier alpha value is -0.600. The van der Waals surface area contributed by atoms with Crippen molar-refractivity contribution in [2.45, 2.75) is 50.4 Å². The van der Waals surface area contributed by atoms with Gasteiger partial charge in [-0.15, -0.1) is 0 Å². The van der Waals surface area contributed by atoms with Crippen molar-refractivity contribution < 1.29 is 39.9 Å². The average Bonchev–Trinajstić information content (AvgIpc) is 2.24. The third kappa shape index (κ3) is 9.01.